The number of fused-ring (bicyclic) bond motifs is 2. The number of hydrogen-bond donors (Lipinski definition) is 1. The van der Waals surface area contributed by atoms with E-state index in [-0.39, 0.29) is 0 Å². The van der Waals surface area contributed by atoms with Crippen LogP contribution in [0.25, 0.3) is 21.7 Å². The van der Waals surface area contributed by atoms with Gasteiger partial charge in [0.2, 0.25) is 5.88 Å². The van der Waals surface area contributed by atoms with Crippen LogP contribution in [-0.2, 0) is 13.0 Å². The average molecular weight is 466 g/mol. The molecule has 0 bridgehead atoms. The van der Waals surface area contributed by atoms with Gasteiger partial charge >= 0.3 is 6.16 Å². The molecule has 0 amide bonds. The Kier molecular flexibility index (Phi) is 6.40. The highest BCUT2D eigenvalue weighted by atomic mass is 16.7. The molecule has 0 radical (unpaired) electrons. The second kappa shape index (κ2) is 9.94. The molecule has 0 aliphatic rings. The van der Waals surface area contributed by atoms with E-state index >= 15 is 0 Å². The van der Waals surface area contributed by atoms with Gasteiger partial charge in [0.15, 0.2) is 0 Å². The van der Waals surface area contributed by atoms with Crippen molar-refractivity contribution in [2.45, 2.75) is 26.3 Å². The Labute approximate surface area is 204 Å². The molecule has 0 unspecified atom stereocenters. The molecule has 4 aromatic carbocycles. The zero-order valence-electron chi connectivity index (χ0n) is 19.6. The molecule has 5 aromatic rings. The standard InChI is InChI=1S/C30H27NO4/c1-21-9-6-10-22(19-21)20-26-25-14-4-5-15-27(25)31(29(26)35-30(32)33)17-8-18-34-28-16-7-12-23-11-2-3-13-24(23)28/h2-7,9-16,19H,8,17-18,20H2,1H3,(H,32,33). The first kappa shape index (κ1) is 22.5. The molecule has 0 aliphatic carbocycles. The third-order valence-corrected chi connectivity index (χ3v) is 6.20. The minimum absolute atomic E-state index is 0.380. The fraction of sp³-hybridized carbons (Fsp3) is 0.167. The van der Waals surface area contributed by atoms with E-state index in [9.17, 15) is 9.90 Å². The molecule has 0 fully saturated rings. The van der Waals surface area contributed by atoms with Gasteiger partial charge in [-0.25, -0.2) is 4.79 Å². The van der Waals surface area contributed by atoms with Gasteiger partial charge in [-0.05, 0) is 36.4 Å². The smallest absolute Gasteiger partial charge is 0.493 e. The molecule has 1 heterocycles. The lowest BCUT2D eigenvalue weighted by atomic mass is 10.0. The zero-order valence-corrected chi connectivity index (χ0v) is 19.6. The van der Waals surface area contributed by atoms with Crippen molar-refractivity contribution in [3.05, 3.63) is 108 Å². The van der Waals surface area contributed by atoms with Crippen molar-refractivity contribution in [1.29, 1.82) is 0 Å². The van der Waals surface area contributed by atoms with Gasteiger partial charge in [-0.3, -0.25) is 0 Å². The molecule has 0 spiro atoms. The topological polar surface area (TPSA) is 60.7 Å². The molecular formula is C30H27NO4. The third kappa shape index (κ3) is 4.85. The second-order valence-corrected chi connectivity index (χ2v) is 8.67. The Morgan fingerprint density at radius 3 is 2.46 bits per heavy atom. The molecule has 5 nitrogen and oxygen atoms in total. The number of aromatic nitrogens is 1. The summed E-state index contributed by atoms with van der Waals surface area (Å²) in [4.78, 5) is 11.6. The lowest BCUT2D eigenvalue weighted by Gasteiger charge is -2.13. The highest BCUT2D eigenvalue weighted by Gasteiger charge is 2.21. The molecule has 0 atom stereocenters. The van der Waals surface area contributed by atoms with Crippen LogP contribution in [0.4, 0.5) is 4.79 Å². The predicted octanol–water partition coefficient (Wildman–Crippen LogP) is 7.22. The highest BCUT2D eigenvalue weighted by molar-refractivity contribution is 5.89. The quantitative estimate of drug-likeness (QED) is 0.194. The zero-order chi connectivity index (χ0) is 24.2. The first-order chi connectivity index (χ1) is 17.1. The van der Waals surface area contributed by atoms with E-state index in [0.29, 0.717) is 31.9 Å². The number of carboxylic acid groups (broad SMARTS) is 1. The molecular weight excluding hydrogens is 438 g/mol. The SMILES string of the molecule is Cc1cccc(Cc2c(OC(=O)O)n(CCCOc3cccc4ccccc34)c3ccccc23)c1. The molecule has 0 saturated carbocycles. The van der Waals surface area contributed by atoms with Crippen molar-refractivity contribution in [2.75, 3.05) is 6.61 Å². The molecule has 5 rings (SSSR count). The Morgan fingerprint density at radius 2 is 1.63 bits per heavy atom. The number of carbonyl (C=O) groups is 1. The first-order valence-electron chi connectivity index (χ1n) is 11.8. The average Bonchev–Trinajstić information content (AvgIpc) is 3.13. The normalized spacial score (nSPS) is 11.1. The maximum absolute atomic E-state index is 11.6. The van der Waals surface area contributed by atoms with Crippen LogP contribution in [0.2, 0.25) is 0 Å². The molecule has 176 valence electrons. The van der Waals surface area contributed by atoms with Crippen LogP contribution < -0.4 is 9.47 Å². The molecule has 1 N–H and O–H groups in total. The van der Waals surface area contributed by atoms with Gasteiger partial charge < -0.3 is 19.1 Å². The number of benzene rings is 4. The van der Waals surface area contributed by atoms with Crippen LogP contribution >= 0.6 is 0 Å². The van der Waals surface area contributed by atoms with Gasteiger partial charge in [0, 0.05) is 29.3 Å². The van der Waals surface area contributed by atoms with Crippen molar-refractivity contribution >= 4 is 27.8 Å². The van der Waals surface area contributed by atoms with Gasteiger partial charge in [-0.2, -0.15) is 0 Å². The van der Waals surface area contributed by atoms with Gasteiger partial charge in [0.1, 0.15) is 5.75 Å². The molecule has 1 aromatic heterocycles. The molecule has 5 heteroatoms. The summed E-state index contributed by atoms with van der Waals surface area (Å²) in [7, 11) is 0. The fourth-order valence-electron chi connectivity index (χ4n) is 4.70. The summed E-state index contributed by atoms with van der Waals surface area (Å²) < 4.78 is 13.5. The Hall–Kier alpha value is -4.25. The summed E-state index contributed by atoms with van der Waals surface area (Å²) in [6.07, 6.45) is -0.0296. The van der Waals surface area contributed by atoms with Gasteiger partial charge in [-0.1, -0.05) is 84.4 Å². The molecule has 0 aliphatic heterocycles. The minimum Gasteiger partial charge on any atom is -0.493 e. The van der Waals surface area contributed by atoms with Crippen molar-refractivity contribution in [1.82, 2.24) is 4.57 Å². The summed E-state index contributed by atoms with van der Waals surface area (Å²) in [6, 6.07) is 30.4. The summed E-state index contributed by atoms with van der Waals surface area (Å²) in [5.41, 5.74) is 4.11. The van der Waals surface area contributed by atoms with Crippen LogP contribution in [0.1, 0.15) is 23.1 Å². The lowest BCUT2D eigenvalue weighted by Crippen LogP contribution is -2.11. The van der Waals surface area contributed by atoms with Gasteiger partial charge in [0.25, 0.3) is 0 Å². The first-order valence-corrected chi connectivity index (χ1v) is 11.8. The Morgan fingerprint density at radius 1 is 0.886 bits per heavy atom. The molecule has 0 saturated heterocycles. The van der Waals surface area contributed by atoms with Crippen LogP contribution in [-0.4, -0.2) is 22.4 Å². The van der Waals surface area contributed by atoms with Crippen LogP contribution in [0.3, 0.4) is 0 Å². The molecule has 35 heavy (non-hydrogen) atoms. The summed E-state index contributed by atoms with van der Waals surface area (Å²) in [6.45, 7) is 3.12. The lowest BCUT2D eigenvalue weighted by molar-refractivity contribution is 0.140. The summed E-state index contributed by atoms with van der Waals surface area (Å²) in [5.74, 6) is 1.23. The summed E-state index contributed by atoms with van der Waals surface area (Å²) in [5, 5.41) is 12.7. The predicted molar refractivity (Wildman–Crippen MR) is 139 cm³/mol. The number of nitrogens with zero attached hydrogens (tertiary/aromatic N) is 1. The van der Waals surface area contributed by atoms with E-state index in [1.54, 1.807) is 0 Å². The van der Waals surface area contributed by atoms with Gasteiger partial charge in [0.05, 0.1) is 12.1 Å². The second-order valence-electron chi connectivity index (χ2n) is 8.67. The highest BCUT2D eigenvalue weighted by Crippen LogP contribution is 2.35. The van der Waals surface area contributed by atoms with Crippen LogP contribution in [0, 0.1) is 6.92 Å². The Balaban J connectivity index is 1.42. The van der Waals surface area contributed by atoms with E-state index in [1.165, 1.54) is 0 Å². The van der Waals surface area contributed by atoms with E-state index in [4.69, 9.17) is 9.47 Å². The minimum atomic E-state index is -1.31. The third-order valence-electron chi connectivity index (χ3n) is 6.20. The maximum atomic E-state index is 11.6. The fourth-order valence-corrected chi connectivity index (χ4v) is 4.70. The van der Waals surface area contributed by atoms with E-state index < -0.39 is 6.16 Å². The van der Waals surface area contributed by atoms with Crippen molar-refractivity contribution in [3.63, 3.8) is 0 Å². The number of aryl methyl sites for hydroxylation is 2. The Bertz CT molecular complexity index is 1500. The van der Waals surface area contributed by atoms with E-state index in [2.05, 4.69) is 43.3 Å². The number of para-hydroxylation sites is 1. The van der Waals surface area contributed by atoms with E-state index in [0.717, 1.165) is 44.1 Å². The summed E-state index contributed by atoms with van der Waals surface area (Å²) >= 11 is 0. The van der Waals surface area contributed by atoms with Gasteiger partial charge in [-0.15, -0.1) is 0 Å². The maximum Gasteiger partial charge on any atom is 0.512 e. The van der Waals surface area contributed by atoms with Crippen molar-refractivity contribution < 1.29 is 19.4 Å². The monoisotopic (exact) mass is 465 g/mol. The number of hydrogen-bond acceptors (Lipinski definition) is 3. The number of ether oxygens (including phenoxy) is 2. The largest absolute Gasteiger partial charge is 0.512 e. The number of rotatable bonds is 8. The van der Waals surface area contributed by atoms with E-state index in [1.807, 2.05) is 59.2 Å². The van der Waals surface area contributed by atoms with Crippen LogP contribution in [0.15, 0.2) is 91.0 Å². The van der Waals surface area contributed by atoms with Crippen molar-refractivity contribution in [2.24, 2.45) is 0 Å². The van der Waals surface area contributed by atoms with Crippen LogP contribution in [0.5, 0.6) is 11.6 Å². The van der Waals surface area contributed by atoms with Crippen molar-refractivity contribution in [3.8, 4) is 11.6 Å².